The Morgan fingerprint density at radius 2 is 2.17 bits per heavy atom. The van der Waals surface area contributed by atoms with Gasteiger partial charge in [-0.3, -0.25) is 0 Å². The molecule has 0 unspecified atom stereocenters. The Labute approximate surface area is 108 Å². The Hall–Kier alpha value is -0.870. The summed E-state index contributed by atoms with van der Waals surface area (Å²) in [5, 5.41) is 0. The lowest BCUT2D eigenvalue weighted by Crippen LogP contribution is -2.30. The van der Waals surface area contributed by atoms with E-state index in [4.69, 9.17) is 14.2 Å². The predicted molar refractivity (Wildman–Crippen MR) is 67.2 cm³/mol. The van der Waals surface area contributed by atoms with Crippen molar-refractivity contribution in [3.8, 4) is 0 Å². The fraction of sp³-hybridized carbons (Fsp3) is 0.786. The minimum atomic E-state index is -0.232. The summed E-state index contributed by atoms with van der Waals surface area (Å²) in [6, 6.07) is 0. The van der Waals surface area contributed by atoms with Crippen LogP contribution in [0, 0.1) is 0 Å². The van der Waals surface area contributed by atoms with Crippen LogP contribution >= 0.6 is 0 Å². The molecule has 4 nitrogen and oxygen atoms in total. The van der Waals surface area contributed by atoms with Crippen LogP contribution in [0.1, 0.15) is 40.0 Å². The summed E-state index contributed by atoms with van der Waals surface area (Å²) in [4.78, 5) is 11.7. The second-order valence-corrected chi connectivity index (χ2v) is 4.79. The lowest BCUT2D eigenvalue weighted by atomic mass is 9.97. The van der Waals surface area contributed by atoms with Crippen molar-refractivity contribution >= 4 is 5.97 Å². The van der Waals surface area contributed by atoms with Crippen molar-refractivity contribution in [3.63, 3.8) is 0 Å². The highest BCUT2D eigenvalue weighted by atomic mass is 16.6. The predicted octanol–water partition coefficient (Wildman–Crippen LogP) is 2.22. The zero-order valence-corrected chi connectivity index (χ0v) is 11.3. The monoisotopic (exact) mass is 254 g/mol. The molecular weight excluding hydrogens is 232 g/mol. The normalized spacial score (nSPS) is 29.8. The number of ether oxygens (including phenoxy) is 3. The lowest BCUT2D eigenvalue weighted by molar-refractivity contribution is -0.138. The molecule has 18 heavy (non-hydrogen) atoms. The van der Waals surface area contributed by atoms with Crippen LogP contribution in [-0.2, 0) is 19.0 Å². The molecule has 1 aliphatic heterocycles. The second-order valence-electron chi connectivity index (χ2n) is 4.79. The first-order valence-corrected chi connectivity index (χ1v) is 6.88. The molecule has 3 atom stereocenters. The molecule has 0 amide bonds. The zero-order valence-electron chi connectivity index (χ0n) is 11.3. The van der Waals surface area contributed by atoms with Crippen LogP contribution in [0.4, 0.5) is 0 Å². The van der Waals surface area contributed by atoms with Gasteiger partial charge in [-0.15, -0.1) is 0 Å². The number of epoxide rings is 1. The van der Waals surface area contributed by atoms with E-state index in [1.807, 2.05) is 13.0 Å². The van der Waals surface area contributed by atoms with Crippen molar-refractivity contribution in [3.05, 3.63) is 11.6 Å². The second kappa shape index (κ2) is 5.85. The fourth-order valence-corrected chi connectivity index (χ4v) is 2.38. The SMILES string of the molecule is CCOC(=O)C1=C[C@H](OC(CC)CC)[C@H]2O[C@@H]2C1. The van der Waals surface area contributed by atoms with Crippen molar-refractivity contribution in [2.45, 2.75) is 64.4 Å². The van der Waals surface area contributed by atoms with E-state index in [9.17, 15) is 4.79 Å². The fourth-order valence-electron chi connectivity index (χ4n) is 2.38. The summed E-state index contributed by atoms with van der Waals surface area (Å²) >= 11 is 0. The van der Waals surface area contributed by atoms with E-state index in [1.54, 1.807) is 0 Å². The van der Waals surface area contributed by atoms with Crippen molar-refractivity contribution in [1.29, 1.82) is 0 Å². The van der Waals surface area contributed by atoms with Gasteiger partial charge in [0.15, 0.2) is 0 Å². The van der Waals surface area contributed by atoms with Gasteiger partial charge in [-0.2, -0.15) is 0 Å². The third kappa shape index (κ3) is 2.93. The summed E-state index contributed by atoms with van der Waals surface area (Å²) in [5.74, 6) is -0.232. The molecule has 2 rings (SSSR count). The summed E-state index contributed by atoms with van der Waals surface area (Å²) < 4.78 is 16.6. The average Bonchev–Trinajstić information content (AvgIpc) is 3.15. The highest BCUT2D eigenvalue weighted by Crippen LogP contribution is 2.38. The van der Waals surface area contributed by atoms with Crippen molar-refractivity contribution in [2.24, 2.45) is 0 Å². The number of hydrogen-bond acceptors (Lipinski definition) is 4. The van der Waals surface area contributed by atoms with Crippen LogP contribution in [-0.4, -0.2) is 37.0 Å². The number of esters is 1. The number of hydrogen-bond donors (Lipinski definition) is 0. The minimum Gasteiger partial charge on any atom is -0.463 e. The van der Waals surface area contributed by atoms with E-state index in [0.717, 1.165) is 12.8 Å². The first kappa shape index (κ1) is 13.6. The Bertz CT molecular complexity index is 333. The molecule has 0 spiro atoms. The quantitative estimate of drug-likeness (QED) is 0.538. The van der Waals surface area contributed by atoms with Crippen LogP contribution in [0.2, 0.25) is 0 Å². The highest BCUT2D eigenvalue weighted by molar-refractivity contribution is 5.89. The van der Waals surface area contributed by atoms with Gasteiger partial charge in [-0.1, -0.05) is 13.8 Å². The number of rotatable bonds is 6. The molecule has 1 aliphatic carbocycles. The van der Waals surface area contributed by atoms with Crippen LogP contribution in [0.15, 0.2) is 11.6 Å². The van der Waals surface area contributed by atoms with Crippen LogP contribution in [0.3, 0.4) is 0 Å². The van der Waals surface area contributed by atoms with E-state index in [-0.39, 0.29) is 30.4 Å². The van der Waals surface area contributed by atoms with Crippen molar-refractivity contribution in [2.75, 3.05) is 6.61 Å². The first-order chi connectivity index (χ1) is 8.69. The van der Waals surface area contributed by atoms with Gasteiger partial charge in [0.1, 0.15) is 12.2 Å². The summed E-state index contributed by atoms with van der Waals surface area (Å²) in [6.07, 6.45) is 4.94. The average molecular weight is 254 g/mol. The molecular formula is C14H22O4. The molecule has 1 heterocycles. The maximum Gasteiger partial charge on any atom is 0.333 e. The van der Waals surface area contributed by atoms with Gasteiger partial charge in [0.2, 0.25) is 0 Å². The van der Waals surface area contributed by atoms with Crippen LogP contribution in [0.25, 0.3) is 0 Å². The maximum absolute atomic E-state index is 11.7. The summed E-state index contributed by atoms with van der Waals surface area (Å²) in [5.41, 5.74) is 0.701. The van der Waals surface area contributed by atoms with Gasteiger partial charge in [0.05, 0.1) is 18.8 Å². The number of fused-ring (bicyclic) bond motifs is 1. The largest absolute Gasteiger partial charge is 0.463 e. The minimum absolute atomic E-state index is 0.0898. The van der Waals surface area contributed by atoms with E-state index in [1.165, 1.54) is 0 Å². The molecule has 2 aliphatic rings. The molecule has 0 bridgehead atoms. The van der Waals surface area contributed by atoms with E-state index < -0.39 is 0 Å². The van der Waals surface area contributed by atoms with Gasteiger partial charge in [0.25, 0.3) is 0 Å². The Morgan fingerprint density at radius 3 is 2.78 bits per heavy atom. The molecule has 0 aromatic carbocycles. The summed E-state index contributed by atoms with van der Waals surface area (Å²) in [7, 11) is 0. The Morgan fingerprint density at radius 1 is 1.44 bits per heavy atom. The Kier molecular flexibility index (Phi) is 4.40. The highest BCUT2D eigenvalue weighted by Gasteiger charge is 2.49. The van der Waals surface area contributed by atoms with Gasteiger partial charge in [-0.05, 0) is 25.8 Å². The van der Waals surface area contributed by atoms with Crippen LogP contribution < -0.4 is 0 Å². The van der Waals surface area contributed by atoms with Gasteiger partial charge in [-0.25, -0.2) is 4.79 Å². The van der Waals surface area contributed by atoms with E-state index in [2.05, 4.69) is 13.8 Å². The van der Waals surface area contributed by atoms with E-state index in [0.29, 0.717) is 18.6 Å². The molecule has 1 fully saturated rings. The van der Waals surface area contributed by atoms with Crippen molar-refractivity contribution in [1.82, 2.24) is 0 Å². The molecule has 0 aromatic rings. The zero-order chi connectivity index (χ0) is 13.1. The molecule has 0 aromatic heterocycles. The standard InChI is InChI=1S/C14H22O4/c1-4-10(5-2)17-11-7-9(14(15)16-6-3)8-12-13(11)18-12/h7,10-13H,4-6,8H2,1-3H3/t11-,12+,13+/m0/s1. The molecule has 4 heteroatoms. The summed E-state index contributed by atoms with van der Waals surface area (Å²) in [6.45, 7) is 6.44. The molecule has 1 saturated heterocycles. The maximum atomic E-state index is 11.7. The van der Waals surface area contributed by atoms with Gasteiger partial charge in [0, 0.05) is 12.0 Å². The lowest BCUT2D eigenvalue weighted by Gasteiger charge is -2.22. The Balaban J connectivity index is 2.00. The smallest absolute Gasteiger partial charge is 0.333 e. The van der Waals surface area contributed by atoms with Gasteiger partial charge < -0.3 is 14.2 Å². The third-order valence-corrected chi connectivity index (χ3v) is 3.53. The number of carbonyl (C=O) groups excluding carboxylic acids is 1. The van der Waals surface area contributed by atoms with Crippen LogP contribution in [0.5, 0.6) is 0 Å². The molecule has 0 saturated carbocycles. The third-order valence-electron chi connectivity index (χ3n) is 3.53. The molecule has 0 radical (unpaired) electrons. The van der Waals surface area contributed by atoms with Crippen molar-refractivity contribution < 1.29 is 19.0 Å². The van der Waals surface area contributed by atoms with Gasteiger partial charge >= 0.3 is 5.97 Å². The first-order valence-electron chi connectivity index (χ1n) is 6.88. The molecule has 0 N–H and O–H groups in total. The molecule has 102 valence electrons. The van der Waals surface area contributed by atoms with E-state index >= 15 is 0 Å². The topological polar surface area (TPSA) is 48.1 Å². The number of carbonyl (C=O) groups is 1.